The predicted octanol–water partition coefficient (Wildman–Crippen LogP) is 8.33. The number of hydrogen-bond donors (Lipinski definition) is 1. The van der Waals surface area contributed by atoms with Gasteiger partial charge in [-0.2, -0.15) is 6.07 Å². The second-order valence-electron chi connectivity index (χ2n) is 9.60. The zero-order valence-corrected chi connectivity index (χ0v) is 23.3. The monoisotopic (exact) mass is 697 g/mol. The maximum atomic E-state index is 10.9. The molecule has 0 aliphatic heterocycles. The van der Waals surface area contributed by atoms with Crippen molar-refractivity contribution in [2.24, 2.45) is 0 Å². The smallest absolute Gasteiger partial charge is 0.217 e. The van der Waals surface area contributed by atoms with Crippen molar-refractivity contribution in [1.29, 1.82) is 0 Å². The van der Waals surface area contributed by atoms with E-state index in [1.54, 1.807) is 0 Å². The van der Waals surface area contributed by atoms with E-state index < -0.39 is 0 Å². The number of fused-ring (bicyclic) bond motifs is 6. The first-order valence-electron chi connectivity index (χ1n) is 12.7. The fourth-order valence-corrected chi connectivity index (χ4v) is 5.43. The van der Waals surface area contributed by atoms with Gasteiger partial charge in [0.15, 0.2) is 0 Å². The summed E-state index contributed by atoms with van der Waals surface area (Å²) in [5.74, 6) is 1.87. The second kappa shape index (κ2) is 9.48. The first kappa shape index (κ1) is 24.3. The molecule has 194 valence electrons. The van der Waals surface area contributed by atoms with Crippen molar-refractivity contribution in [3.8, 4) is 23.2 Å². The molecule has 0 aliphatic rings. The summed E-state index contributed by atoms with van der Waals surface area (Å²) in [6.07, 6.45) is 1.90. The van der Waals surface area contributed by atoms with E-state index in [0.29, 0.717) is 17.1 Å². The van der Waals surface area contributed by atoms with E-state index >= 15 is 0 Å². The standard InChI is InChI=1S/C34H20N3O2.Pt/c38-34-26-10-4-3-8-22(26)17-23-13-16-32(36-33(23)34)39-25-14-15-28-27-11-5-6-12-29(27)37(30(28)19-25)31-18-21-7-1-2-9-24(21)20-35-31;/h1-18,20,38H;/q-1;. The van der Waals surface area contributed by atoms with Gasteiger partial charge >= 0.3 is 0 Å². The fraction of sp³-hybridized carbons (Fsp3) is 0. The van der Waals surface area contributed by atoms with Gasteiger partial charge in [0.2, 0.25) is 5.88 Å². The molecule has 5 nitrogen and oxygen atoms in total. The predicted molar refractivity (Wildman–Crippen MR) is 156 cm³/mol. The number of phenols is 1. The summed E-state index contributed by atoms with van der Waals surface area (Å²) >= 11 is 0. The van der Waals surface area contributed by atoms with Crippen molar-refractivity contribution in [2.75, 3.05) is 0 Å². The Morgan fingerprint density at radius 1 is 0.675 bits per heavy atom. The third-order valence-corrected chi connectivity index (χ3v) is 7.27. The molecule has 3 aromatic heterocycles. The van der Waals surface area contributed by atoms with Crippen LogP contribution in [0, 0.1) is 6.07 Å². The molecule has 0 saturated heterocycles. The van der Waals surface area contributed by atoms with Crippen LogP contribution < -0.4 is 4.74 Å². The van der Waals surface area contributed by atoms with Gasteiger partial charge in [-0.15, -0.1) is 17.5 Å². The number of phenolic OH excluding ortho intramolecular Hbond substituents is 1. The van der Waals surface area contributed by atoms with Crippen LogP contribution in [0.25, 0.3) is 60.1 Å². The van der Waals surface area contributed by atoms with Crippen LogP contribution >= 0.6 is 0 Å². The van der Waals surface area contributed by atoms with Gasteiger partial charge in [-0.05, 0) is 40.4 Å². The summed E-state index contributed by atoms with van der Waals surface area (Å²) < 4.78 is 8.33. The van der Waals surface area contributed by atoms with Gasteiger partial charge in [0.05, 0.1) is 0 Å². The van der Waals surface area contributed by atoms with E-state index in [0.717, 1.165) is 54.6 Å². The minimum absolute atomic E-state index is 0. The zero-order valence-electron chi connectivity index (χ0n) is 21.0. The largest absolute Gasteiger partial charge is 0.505 e. The normalized spacial score (nSPS) is 11.4. The maximum Gasteiger partial charge on any atom is 0.217 e. The molecule has 0 spiro atoms. The van der Waals surface area contributed by atoms with E-state index in [4.69, 9.17) is 9.72 Å². The molecule has 0 bridgehead atoms. The van der Waals surface area contributed by atoms with E-state index in [1.165, 1.54) is 0 Å². The second-order valence-corrected chi connectivity index (χ2v) is 9.60. The van der Waals surface area contributed by atoms with E-state index in [9.17, 15) is 5.11 Å². The summed E-state index contributed by atoms with van der Waals surface area (Å²) in [6, 6.07) is 39.5. The van der Waals surface area contributed by atoms with Gasteiger partial charge in [0.1, 0.15) is 17.1 Å². The molecule has 6 heteroatoms. The molecule has 0 aliphatic carbocycles. The van der Waals surface area contributed by atoms with Gasteiger partial charge in [0.25, 0.3) is 0 Å². The van der Waals surface area contributed by atoms with Crippen molar-refractivity contribution in [3.05, 3.63) is 121 Å². The summed E-state index contributed by atoms with van der Waals surface area (Å²) in [7, 11) is 0. The summed E-state index contributed by atoms with van der Waals surface area (Å²) in [5.41, 5.74) is 2.41. The third-order valence-electron chi connectivity index (χ3n) is 7.27. The third kappa shape index (κ3) is 3.82. The number of aromatic nitrogens is 3. The molecule has 5 aromatic carbocycles. The molecular weight excluding hydrogens is 677 g/mol. The van der Waals surface area contributed by atoms with E-state index in [-0.39, 0.29) is 26.8 Å². The number of para-hydroxylation sites is 1. The quantitative estimate of drug-likeness (QED) is 0.149. The molecule has 0 atom stereocenters. The number of rotatable bonds is 3. The SMILES string of the molecule is Oc1c2ccccc2cc2ccc(Oc3[c-]c4c(cc3)c3ccccc3n4-c3cc4ccccc4cn3)nc12.[Pt]. The topological polar surface area (TPSA) is 60.2 Å². The first-order chi connectivity index (χ1) is 19.2. The summed E-state index contributed by atoms with van der Waals surface area (Å²) in [6.45, 7) is 0. The number of nitrogens with zero attached hydrogens (tertiary/aromatic N) is 3. The number of aromatic hydroxyl groups is 1. The molecule has 0 fully saturated rings. The van der Waals surface area contributed by atoms with Gasteiger partial charge in [-0.3, -0.25) is 0 Å². The Kier molecular flexibility index (Phi) is 5.76. The number of ether oxygens (including phenoxy) is 1. The van der Waals surface area contributed by atoms with Crippen molar-refractivity contribution in [3.63, 3.8) is 0 Å². The van der Waals surface area contributed by atoms with Crippen LogP contribution in [-0.4, -0.2) is 19.6 Å². The van der Waals surface area contributed by atoms with Crippen LogP contribution in [0.2, 0.25) is 0 Å². The minimum atomic E-state index is 0. The molecule has 40 heavy (non-hydrogen) atoms. The van der Waals surface area contributed by atoms with Crippen LogP contribution in [-0.2, 0) is 21.1 Å². The summed E-state index contributed by atoms with van der Waals surface area (Å²) in [4.78, 5) is 9.44. The Morgan fingerprint density at radius 3 is 2.30 bits per heavy atom. The van der Waals surface area contributed by atoms with Crippen molar-refractivity contribution >= 4 is 54.3 Å². The van der Waals surface area contributed by atoms with Crippen LogP contribution in [0.3, 0.4) is 0 Å². The number of pyridine rings is 2. The first-order valence-corrected chi connectivity index (χ1v) is 12.7. The van der Waals surface area contributed by atoms with Crippen LogP contribution in [0.15, 0.2) is 115 Å². The van der Waals surface area contributed by atoms with Crippen molar-refractivity contribution in [1.82, 2.24) is 14.5 Å². The molecule has 3 heterocycles. The van der Waals surface area contributed by atoms with Gasteiger partial charge < -0.3 is 14.4 Å². The Hall–Kier alpha value is -4.73. The number of hydrogen-bond acceptors (Lipinski definition) is 4. The molecule has 0 saturated carbocycles. The Morgan fingerprint density at radius 2 is 1.43 bits per heavy atom. The average Bonchev–Trinajstić information content (AvgIpc) is 3.31. The minimum Gasteiger partial charge on any atom is -0.505 e. The van der Waals surface area contributed by atoms with Gasteiger partial charge in [0, 0.05) is 60.8 Å². The fourth-order valence-electron chi connectivity index (χ4n) is 5.43. The Bertz CT molecular complexity index is 2240. The Balaban J connectivity index is 0.00000264. The van der Waals surface area contributed by atoms with Gasteiger partial charge in [-0.25, -0.2) is 9.97 Å². The van der Waals surface area contributed by atoms with E-state index in [1.807, 2.05) is 85.1 Å². The Labute approximate surface area is 243 Å². The average molecular weight is 698 g/mol. The molecule has 0 amide bonds. The maximum absolute atomic E-state index is 10.9. The van der Waals surface area contributed by atoms with Crippen molar-refractivity contribution < 1.29 is 30.9 Å². The molecule has 0 unspecified atom stereocenters. The zero-order chi connectivity index (χ0) is 25.9. The summed E-state index contributed by atoms with van der Waals surface area (Å²) in [5, 5.41) is 17.9. The van der Waals surface area contributed by atoms with Crippen LogP contribution in [0.1, 0.15) is 0 Å². The van der Waals surface area contributed by atoms with Gasteiger partial charge in [-0.1, -0.05) is 72.2 Å². The van der Waals surface area contributed by atoms with Crippen LogP contribution in [0.5, 0.6) is 17.4 Å². The van der Waals surface area contributed by atoms with Crippen LogP contribution in [0.4, 0.5) is 0 Å². The molecule has 8 aromatic rings. The molecule has 8 rings (SSSR count). The number of benzene rings is 5. The molecule has 0 radical (unpaired) electrons. The van der Waals surface area contributed by atoms with Crippen molar-refractivity contribution in [2.45, 2.75) is 0 Å². The molecule has 1 N–H and O–H groups in total. The molecular formula is C34H20N3O2Pt-. The van der Waals surface area contributed by atoms with E-state index in [2.05, 4.69) is 45.9 Å².